The van der Waals surface area contributed by atoms with Crippen molar-refractivity contribution in [3.8, 4) is 5.75 Å². The molecule has 0 fully saturated rings. The molecule has 0 aliphatic carbocycles. The first kappa shape index (κ1) is 18.7. The van der Waals surface area contributed by atoms with E-state index in [4.69, 9.17) is 22.1 Å². The van der Waals surface area contributed by atoms with Crippen LogP contribution >= 0.6 is 35.3 Å². The second kappa shape index (κ2) is 8.95. The highest BCUT2D eigenvalue weighted by molar-refractivity contribution is 7.09. The van der Waals surface area contributed by atoms with Crippen molar-refractivity contribution in [1.82, 2.24) is 4.98 Å². The second-order valence-electron chi connectivity index (χ2n) is 4.19. The Morgan fingerprint density at radius 2 is 2.27 bits per heavy atom. The van der Waals surface area contributed by atoms with Crippen LogP contribution in [0, 0.1) is 0 Å². The van der Waals surface area contributed by atoms with Gasteiger partial charge in [-0.3, -0.25) is 4.79 Å². The SMILES string of the molecule is CCOc1cc(Cl)ccc1NC(=O)c1csc(CCN)n1.Cl. The van der Waals surface area contributed by atoms with Crippen LogP contribution in [0.25, 0.3) is 0 Å². The van der Waals surface area contributed by atoms with Gasteiger partial charge >= 0.3 is 0 Å². The van der Waals surface area contributed by atoms with E-state index in [1.807, 2.05) is 6.92 Å². The molecule has 0 aliphatic heterocycles. The van der Waals surface area contributed by atoms with E-state index >= 15 is 0 Å². The quantitative estimate of drug-likeness (QED) is 0.826. The van der Waals surface area contributed by atoms with E-state index in [1.54, 1.807) is 23.6 Å². The molecule has 2 rings (SSSR count). The van der Waals surface area contributed by atoms with Crippen molar-refractivity contribution in [2.24, 2.45) is 5.73 Å². The van der Waals surface area contributed by atoms with Gasteiger partial charge in [-0.1, -0.05) is 11.6 Å². The minimum atomic E-state index is -0.280. The maximum absolute atomic E-state index is 12.2. The van der Waals surface area contributed by atoms with Crippen molar-refractivity contribution >= 4 is 46.9 Å². The predicted molar refractivity (Wildman–Crippen MR) is 92.7 cm³/mol. The smallest absolute Gasteiger partial charge is 0.275 e. The number of carbonyl (C=O) groups is 1. The number of halogens is 2. The Labute approximate surface area is 144 Å². The lowest BCUT2D eigenvalue weighted by atomic mass is 10.3. The number of anilines is 1. The molecule has 5 nitrogen and oxygen atoms in total. The molecule has 120 valence electrons. The third-order valence-electron chi connectivity index (χ3n) is 2.63. The average Bonchev–Trinajstić information content (AvgIpc) is 2.91. The summed E-state index contributed by atoms with van der Waals surface area (Å²) in [7, 11) is 0. The van der Waals surface area contributed by atoms with Crippen LogP contribution in [-0.4, -0.2) is 24.0 Å². The highest BCUT2D eigenvalue weighted by Gasteiger charge is 2.13. The van der Waals surface area contributed by atoms with E-state index in [0.29, 0.717) is 41.7 Å². The summed E-state index contributed by atoms with van der Waals surface area (Å²) in [6.45, 7) is 2.87. The molecule has 3 N–H and O–H groups in total. The molecule has 2 aromatic rings. The van der Waals surface area contributed by atoms with E-state index in [-0.39, 0.29) is 18.3 Å². The Hall–Kier alpha value is -1.34. The third kappa shape index (κ3) is 4.84. The summed E-state index contributed by atoms with van der Waals surface area (Å²) in [5.74, 6) is 0.258. The fourth-order valence-electron chi connectivity index (χ4n) is 1.71. The number of nitrogens with one attached hydrogen (secondary N) is 1. The summed E-state index contributed by atoms with van der Waals surface area (Å²) in [4.78, 5) is 16.4. The molecule has 1 aromatic carbocycles. The minimum absolute atomic E-state index is 0. The largest absolute Gasteiger partial charge is 0.492 e. The van der Waals surface area contributed by atoms with Crippen molar-refractivity contribution in [2.45, 2.75) is 13.3 Å². The van der Waals surface area contributed by atoms with Gasteiger partial charge in [-0.15, -0.1) is 23.7 Å². The highest BCUT2D eigenvalue weighted by atomic mass is 35.5. The number of amides is 1. The van der Waals surface area contributed by atoms with Crippen LogP contribution < -0.4 is 15.8 Å². The molecule has 22 heavy (non-hydrogen) atoms. The summed E-state index contributed by atoms with van der Waals surface area (Å²) < 4.78 is 5.46. The number of ether oxygens (including phenoxy) is 1. The Kier molecular flexibility index (Phi) is 7.61. The number of aromatic nitrogens is 1. The molecule has 0 bridgehead atoms. The van der Waals surface area contributed by atoms with Gasteiger partial charge in [0.15, 0.2) is 0 Å². The zero-order valence-electron chi connectivity index (χ0n) is 12.0. The summed E-state index contributed by atoms with van der Waals surface area (Å²) >= 11 is 7.35. The number of benzene rings is 1. The van der Waals surface area contributed by atoms with Crippen molar-refractivity contribution < 1.29 is 9.53 Å². The normalized spacial score (nSPS) is 9.95. The van der Waals surface area contributed by atoms with Gasteiger partial charge in [0.1, 0.15) is 11.4 Å². The molecule has 0 spiro atoms. The number of thiazole rings is 1. The first-order valence-electron chi connectivity index (χ1n) is 6.52. The molecule has 0 radical (unpaired) electrons. The van der Waals surface area contributed by atoms with Crippen LogP contribution in [0.3, 0.4) is 0 Å². The van der Waals surface area contributed by atoms with Crippen molar-refractivity contribution in [3.63, 3.8) is 0 Å². The van der Waals surface area contributed by atoms with Crippen LogP contribution in [0.1, 0.15) is 22.4 Å². The predicted octanol–water partition coefficient (Wildman–Crippen LogP) is 3.37. The second-order valence-corrected chi connectivity index (χ2v) is 5.57. The number of hydrogen-bond donors (Lipinski definition) is 2. The summed E-state index contributed by atoms with van der Waals surface area (Å²) in [5.41, 5.74) is 6.42. The highest BCUT2D eigenvalue weighted by Crippen LogP contribution is 2.28. The molecule has 0 saturated carbocycles. The van der Waals surface area contributed by atoms with Gasteiger partial charge < -0.3 is 15.8 Å². The minimum Gasteiger partial charge on any atom is -0.492 e. The number of hydrogen-bond acceptors (Lipinski definition) is 5. The molecule has 0 saturated heterocycles. The zero-order chi connectivity index (χ0) is 15.2. The van der Waals surface area contributed by atoms with Crippen LogP contribution in [0.4, 0.5) is 5.69 Å². The Bertz CT molecular complexity index is 634. The Balaban J connectivity index is 0.00000242. The molecule has 1 heterocycles. The number of nitrogens with zero attached hydrogens (tertiary/aromatic N) is 1. The zero-order valence-corrected chi connectivity index (χ0v) is 14.4. The van der Waals surface area contributed by atoms with Crippen LogP contribution in [0.2, 0.25) is 5.02 Å². The fourth-order valence-corrected chi connectivity index (χ4v) is 2.67. The monoisotopic (exact) mass is 361 g/mol. The maximum atomic E-state index is 12.2. The molecule has 8 heteroatoms. The van der Waals surface area contributed by atoms with E-state index < -0.39 is 0 Å². The summed E-state index contributed by atoms with van der Waals surface area (Å²) in [5, 5.41) is 5.91. The van der Waals surface area contributed by atoms with Crippen molar-refractivity contribution in [1.29, 1.82) is 0 Å². The van der Waals surface area contributed by atoms with Gasteiger partial charge in [-0.05, 0) is 25.6 Å². The van der Waals surface area contributed by atoms with Crippen LogP contribution in [0.15, 0.2) is 23.6 Å². The molecule has 1 aromatic heterocycles. The van der Waals surface area contributed by atoms with E-state index in [1.165, 1.54) is 11.3 Å². The summed E-state index contributed by atoms with van der Waals surface area (Å²) in [6, 6.07) is 5.07. The fraction of sp³-hybridized carbons (Fsp3) is 0.286. The van der Waals surface area contributed by atoms with E-state index in [2.05, 4.69) is 10.3 Å². The first-order valence-corrected chi connectivity index (χ1v) is 7.78. The number of nitrogens with two attached hydrogens (primary N) is 1. The average molecular weight is 362 g/mol. The maximum Gasteiger partial charge on any atom is 0.275 e. The van der Waals surface area contributed by atoms with Crippen molar-refractivity contribution in [3.05, 3.63) is 39.3 Å². The van der Waals surface area contributed by atoms with Gasteiger partial charge in [0, 0.05) is 22.9 Å². The lowest BCUT2D eigenvalue weighted by Crippen LogP contribution is -2.13. The lowest BCUT2D eigenvalue weighted by molar-refractivity contribution is 0.102. The topological polar surface area (TPSA) is 77.2 Å². The Morgan fingerprint density at radius 1 is 1.50 bits per heavy atom. The van der Waals surface area contributed by atoms with Crippen LogP contribution in [0.5, 0.6) is 5.75 Å². The lowest BCUT2D eigenvalue weighted by Gasteiger charge is -2.11. The van der Waals surface area contributed by atoms with Crippen LogP contribution in [-0.2, 0) is 6.42 Å². The first-order chi connectivity index (χ1) is 10.1. The van der Waals surface area contributed by atoms with E-state index in [9.17, 15) is 4.79 Å². The third-order valence-corrected chi connectivity index (χ3v) is 3.78. The van der Waals surface area contributed by atoms with Gasteiger partial charge in [-0.25, -0.2) is 4.98 Å². The van der Waals surface area contributed by atoms with Crippen molar-refractivity contribution in [2.75, 3.05) is 18.5 Å². The van der Waals surface area contributed by atoms with Gasteiger partial charge in [0.25, 0.3) is 5.91 Å². The number of carbonyl (C=O) groups excluding carboxylic acids is 1. The molecule has 0 atom stereocenters. The molecular formula is C14H17Cl2N3O2S. The van der Waals surface area contributed by atoms with E-state index in [0.717, 1.165) is 5.01 Å². The molecule has 0 unspecified atom stereocenters. The number of rotatable bonds is 6. The molecule has 0 aliphatic rings. The standard InChI is InChI=1S/C14H16ClN3O2S.ClH/c1-2-20-12-7-9(15)3-4-10(12)18-14(19)11-8-21-13(17-11)5-6-16;/h3-4,7-8H,2,5-6,16H2,1H3,(H,18,19);1H. The van der Waals surface area contributed by atoms with Gasteiger partial charge in [0.05, 0.1) is 17.3 Å². The molecule has 1 amide bonds. The summed E-state index contributed by atoms with van der Waals surface area (Å²) in [6.07, 6.45) is 0.670. The molecular weight excluding hydrogens is 345 g/mol. The van der Waals surface area contributed by atoms with Gasteiger partial charge in [-0.2, -0.15) is 0 Å². The van der Waals surface area contributed by atoms with Gasteiger partial charge in [0.2, 0.25) is 0 Å². The Morgan fingerprint density at radius 3 is 2.95 bits per heavy atom.